The molecule has 0 aliphatic carbocycles. The van der Waals surface area contributed by atoms with E-state index in [4.69, 9.17) is 0 Å². The number of amides is 2. The molecule has 0 spiro atoms. The monoisotopic (exact) mass is 817 g/mol. The van der Waals surface area contributed by atoms with Crippen LogP contribution in [0.2, 0.25) is 0 Å². The number of benzene rings is 3. The smallest absolute Gasteiger partial charge is 0.387 e. The number of carbonyl (C=O) groups excluding carboxylic acids is 2. The van der Waals surface area contributed by atoms with E-state index in [0.29, 0.717) is 66.2 Å². The van der Waals surface area contributed by atoms with Gasteiger partial charge in [0.1, 0.15) is 23.1 Å². The van der Waals surface area contributed by atoms with Gasteiger partial charge in [0.05, 0.1) is 22.8 Å². The number of carbonyl (C=O) groups is 2. The van der Waals surface area contributed by atoms with Crippen LogP contribution in [-0.2, 0) is 29.4 Å². The lowest BCUT2D eigenvalue weighted by molar-refractivity contribution is -0.107. The maximum Gasteiger partial charge on any atom is 0.387 e. The van der Waals surface area contributed by atoms with E-state index >= 15 is 4.39 Å². The Labute approximate surface area is 337 Å². The summed E-state index contributed by atoms with van der Waals surface area (Å²) in [4.78, 5) is 36.1. The lowest BCUT2D eigenvalue weighted by Crippen LogP contribution is -2.40. The van der Waals surface area contributed by atoms with E-state index in [1.165, 1.54) is 22.9 Å². The summed E-state index contributed by atoms with van der Waals surface area (Å²) < 4.78 is 62.0. The molecule has 1 unspecified atom stereocenters. The first-order valence-electron chi connectivity index (χ1n) is 19.3. The Bertz CT molecular complexity index is 2240. The van der Waals surface area contributed by atoms with Crippen molar-refractivity contribution in [3.8, 4) is 16.9 Å². The molecule has 2 amide bonds. The fraction of sp³-hybridized carbons (Fsp3) is 0.390. The van der Waals surface area contributed by atoms with Gasteiger partial charge >= 0.3 is 12.6 Å². The lowest BCUT2D eigenvalue weighted by Gasteiger charge is -2.32. The van der Waals surface area contributed by atoms with Crippen molar-refractivity contribution in [2.24, 2.45) is 7.05 Å². The van der Waals surface area contributed by atoms with E-state index in [1.54, 1.807) is 17.8 Å². The van der Waals surface area contributed by atoms with Crippen LogP contribution in [0.15, 0.2) is 78.0 Å². The molecule has 0 radical (unpaired) electrons. The van der Waals surface area contributed by atoms with Crippen molar-refractivity contribution in [2.45, 2.75) is 62.1 Å². The van der Waals surface area contributed by atoms with Crippen molar-refractivity contribution >= 4 is 46.0 Å². The highest BCUT2D eigenvalue weighted by Crippen LogP contribution is 2.34. The number of fused-ring (bicyclic) bond motifs is 1. The second-order valence-electron chi connectivity index (χ2n) is 14.5. The van der Waals surface area contributed by atoms with Crippen molar-refractivity contribution in [2.75, 3.05) is 50.0 Å². The average Bonchev–Trinajstić information content (AvgIpc) is 3.57. The summed E-state index contributed by atoms with van der Waals surface area (Å²) in [5, 5.41) is 11.3. The molecule has 2 aliphatic rings. The zero-order chi connectivity index (χ0) is 40.8. The Morgan fingerprint density at radius 1 is 1.00 bits per heavy atom. The number of alkyl halides is 2. The first-order chi connectivity index (χ1) is 28.1. The standard InChI is InChI=1S/C41H46F3N9O4S/c1-45-41(55)53(15-4-20-54)38-35-10-9-30(23-37(35)50(2)49-38)27-11-16-51(17-12-27)26-31-8-7-29(22-36(31)42)28-5-3-6-34(21-28)58(56)52-18-13-32(14-19-52)48-40-46-24-33(25-47-40)57-39(43)44/h3,5-10,20-25,27,32,39H,4,11-19,26H2,1-2H3,(H,45,55)(H,46,47,48). The summed E-state index contributed by atoms with van der Waals surface area (Å²) in [6.07, 6.45) is 6.58. The Hall–Kier alpha value is -5.39. The zero-order valence-corrected chi connectivity index (χ0v) is 33.1. The van der Waals surface area contributed by atoms with Gasteiger partial charge in [0.2, 0.25) is 5.95 Å². The van der Waals surface area contributed by atoms with Crippen LogP contribution in [0.25, 0.3) is 22.0 Å². The first-order valence-corrected chi connectivity index (χ1v) is 20.4. The molecule has 0 saturated carbocycles. The molecule has 17 heteroatoms. The summed E-state index contributed by atoms with van der Waals surface area (Å²) in [6, 6.07) is 18.7. The second kappa shape index (κ2) is 18.5. The molecule has 4 heterocycles. The van der Waals surface area contributed by atoms with Gasteiger partial charge in [-0.2, -0.15) is 13.9 Å². The fourth-order valence-corrected chi connectivity index (χ4v) is 8.95. The summed E-state index contributed by atoms with van der Waals surface area (Å²) >= 11 is 0. The van der Waals surface area contributed by atoms with Gasteiger partial charge in [-0.1, -0.05) is 30.3 Å². The Balaban J connectivity index is 0.922. The fourth-order valence-electron chi connectivity index (χ4n) is 7.69. The maximum absolute atomic E-state index is 15.6. The number of ether oxygens (including phenoxy) is 1. The van der Waals surface area contributed by atoms with E-state index < -0.39 is 17.6 Å². The normalized spacial score (nSPS) is 16.4. The zero-order valence-electron chi connectivity index (χ0n) is 32.3. The van der Waals surface area contributed by atoms with Gasteiger partial charge in [0.25, 0.3) is 0 Å². The average molecular weight is 818 g/mol. The number of nitrogens with one attached hydrogen (secondary N) is 2. The van der Waals surface area contributed by atoms with E-state index in [1.807, 2.05) is 53.8 Å². The molecule has 13 nitrogen and oxygen atoms in total. The van der Waals surface area contributed by atoms with Crippen molar-refractivity contribution in [3.63, 3.8) is 0 Å². The topological polar surface area (TPSA) is 138 Å². The van der Waals surface area contributed by atoms with Crippen LogP contribution in [0.5, 0.6) is 5.75 Å². The highest BCUT2D eigenvalue weighted by molar-refractivity contribution is 7.82. The molecule has 306 valence electrons. The quantitative estimate of drug-likeness (QED) is 0.121. The summed E-state index contributed by atoms with van der Waals surface area (Å²) in [7, 11) is 1.99. The van der Waals surface area contributed by atoms with Gasteiger partial charge in [-0.15, -0.1) is 0 Å². The number of hydrogen-bond donors (Lipinski definition) is 2. The second-order valence-corrected chi connectivity index (χ2v) is 16.0. The van der Waals surface area contributed by atoms with E-state index in [9.17, 15) is 22.6 Å². The molecule has 2 N–H and O–H groups in total. The molecule has 2 saturated heterocycles. The number of nitrogens with zero attached hydrogens (tertiary/aromatic N) is 7. The van der Waals surface area contributed by atoms with Gasteiger partial charge in [0.15, 0.2) is 11.6 Å². The van der Waals surface area contributed by atoms with Crippen LogP contribution in [0.1, 0.15) is 49.1 Å². The van der Waals surface area contributed by atoms with Crippen molar-refractivity contribution in [3.05, 3.63) is 90.0 Å². The minimum absolute atomic E-state index is 0.0300. The Morgan fingerprint density at radius 3 is 2.43 bits per heavy atom. The van der Waals surface area contributed by atoms with Gasteiger partial charge in [-0.05, 0) is 91.7 Å². The lowest BCUT2D eigenvalue weighted by atomic mass is 9.88. The number of hydrogen-bond acceptors (Lipinski definition) is 9. The highest BCUT2D eigenvalue weighted by atomic mass is 32.2. The van der Waals surface area contributed by atoms with E-state index in [-0.39, 0.29) is 36.6 Å². The molecule has 2 aliphatic heterocycles. The van der Waals surface area contributed by atoms with Crippen LogP contribution in [0, 0.1) is 5.82 Å². The first kappa shape index (κ1) is 40.8. The number of urea groups is 1. The van der Waals surface area contributed by atoms with Gasteiger partial charge in [-0.3, -0.25) is 14.5 Å². The van der Waals surface area contributed by atoms with Crippen LogP contribution in [0.3, 0.4) is 0 Å². The Morgan fingerprint density at radius 2 is 1.74 bits per heavy atom. The van der Waals surface area contributed by atoms with Crippen LogP contribution < -0.4 is 20.3 Å². The van der Waals surface area contributed by atoms with E-state index in [2.05, 4.69) is 47.5 Å². The number of aldehydes is 1. The molecule has 1 atom stereocenters. The van der Waals surface area contributed by atoms with Crippen LogP contribution >= 0.6 is 0 Å². The SMILES string of the molecule is CNC(=O)N(CCC=O)c1nn(C)c2cc(C3CCN(Cc4ccc(-c5cccc(S(=O)N6CCC(Nc7ncc(OC(F)F)cn7)CC6)c5)cc4F)CC3)ccc12. The number of piperidine rings is 2. The number of aryl methyl sites for hydroxylation is 1. The highest BCUT2D eigenvalue weighted by Gasteiger charge is 2.27. The number of anilines is 2. The van der Waals surface area contributed by atoms with Gasteiger partial charge in [0, 0.05) is 63.7 Å². The third-order valence-electron chi connectivity index (χ3n) is 10.8. The Kier molecular flexibility index (Phi) is 13.0. The largest absolute Gasteiger partial charge is 0.432 e. The minimum Gasteiger partial charge on any atom is -0.432 e. The predicted molar refractivity (Wildman–Crippen MR) is 216 cm³/mol. The summed E-state index contributed by atoms with van der Waals surface area (Å²) in [6.45, 7) is 0.546. The third-order valence-corrected chi connectivity index (χ3v) is 12.3. The molecule has 2 fully saturated rings. The molecule has 5 aromatic rings. The van der Waals surface area contributed by atoms with Gasteiger partial charge < -0.3 is 20.2 Å². The molecule has 2 aromatic heterocycles. The van der Waals surface area contributed by atoms with Crippen molar-refractivity contribution in [1.29, 1.82) is 0 Å². The van der Waals surface area contributed by atoms with Gasteiger partial charge in [-0.25, -0.2) is 27.7 Å². The molecular formula is C41H46F3N9O4S. The molecular weight excluding hydrogens is 772 g/mol. The number of aromatic nitrogens is 4. The molecule has 58 heavy (non-hydrogen) atoms. The summed E-state index contributed by atoms with van der Waals surface area (Å²) in [5.74, 6) is 0.761. The number of halogens is 3. The molecule has 3 aromatic carbocycles. The number of likely N-dealkylation sites (tertiary alicyclic amines) is 1. The van der Waals surface area contributed by atoms with Crippen LogP contribution in [0.4, 0.5) is 29.7 Å². The minimum atomic E-state index is -2.94. The predicted octanol–water partition coefficient (Wildman–Crippen LogP) is 6.48. The number of rotatable bonds is 14. The van der Waals surface area contributed by atoms with Crippen molar-refractivity contribution < 1.29 is 31.7 Å². The van der Waals surface area contributed by atoms with Crippen molar-refractivity contribution in [1.82, 2.24) is 34.3 Å². The molecule has 7 rings (SSSR count). The maximum atomic E-state index is 15.6. The molecule has 0 bridgehead atoms. The van der Waals surface area contributed by atoms with E-state index in [0.717, 1.165) is 48.7 Å². The van der Waals surface area contributed by atoms with Crippen LogP contribution in [-0.4, -0.2) is 97.9 Å². The summed E-state index contributed by atoms with van der Waals surface area (Å²) in [5.41, 5.74) is 4.22. The third kappa shape index (κ3) is 9.48.